The molecule has 1 N–H and O–H groups in total. The first-order chi connectivity index (χ1) is 10.1. The summed E-state index contributed by atoms with van der Waals surface area (Å²) in [6, 6.07) is 11.3. The average molecular weight is 304 g/mol. The molecule has 0 saturated carbocycles. The number of amides is 1. The van der Waals surface area contributed by atoms with Gasteiger partial charge in [-0.3, -0.25) is 4.79 Å². The molecule has 0 saturated heterocycles. The first-order valence-corrected chi connectivity index (χ1v) is 7.16. The van der Waals surface area contributed by atoms with Crippen molar-refractivity contribution in [2.45, 2.75) is 13.3 Å². The minimum absolute atomic E-state index is 0.235. The molecule has 5 heteroatoms. The monoisotopic (exact) mass is 303 g/mol. The minimum atomic E-state index is -0.235. The lowest BCUT2D eigenvalue weighted by Crippen LogP contribution is -2.27. The third-order valence-electron chi connectivity index (χ3n) is 3.34. The van der Waals surface area contributed by atoms with E-state index in [0.717, 1.165) is 12.1 Å². The van der Waals surface area contributed by atoms with E-state index < -0.39 is 0 Å². The summed E-state index contributed by atoms with van der Waals surface area (Å²) < 4.78 is 0. The van der Waals surface area contributed by atoms with Gasteiger partial charge in [-0.15, -0.1) is 0 Å². The summed E-state index contributed by atoms with van der Waals surface area (Å²) in [7, 11) is 3.46. The number of carbonyl (C=O) groups is 1. The van der Waals surface area contributed by atoms with Crippen LogP contribution in [0.5, 0.6) is 0 Å². The number of nitrogens with zero attached hydrogens (tertiary/aromatic N) is 2. The number of pyridine rings is 1. The second-order valence-electron chi connectivity index (χ2n) is 4.66. The fourth-order valence-electron chi connectivity index (χ4n) is 1.96. The van der Waals surface area contributed by atoms with Gasteiger partial charge in [0, 0.05) is 19.8 Å². The molecule has 0 fully saturated rings. The van der Waals surface area contributed by atoms with E-state index in [1.54, 1.807) is 31.1 Å². The topological polar surface area (TPSA) is 45.2 Å². The van der Waals surface area contributed by atoms with Crippen molar-refractivity contribution in [3.05, 3.63) is 52.7 Å². The molecule has 0 bridgehead atoms. The number of nitrogens with one attached hydrogen (secondary N) is 1. The molecular formula is C16H18ClN3O. The quantitative estimate of drug-likeness (QED) is 0.938. The maximum atomic E-state index is 12.5. The lowest BCUT2D eigenvalue weighted by Gasteiger charge is -2.18. The van der Waals surface area contributed by atoms with Gasteiger partial charge < -0.3 is 10.2 Å². The van der Waals surface area contributed by atoms with Gasteiger partial charge in [-0.1, -0.05) is 30.7 Å². The minimum Gasteiger partial charge on any atom is -0.373 e. The van der Waals surface area contributed by atoms with Gasteiger partial charge in [0.15, 0.2) is 0 Å². The molecule has 4 nitrogen and oxygen atoms in total. The van der Waals surface area contributed by atoms with Crippen molar-refractivity contribution in [1.29, 1.82) is 0 Å². The number of halogens is 1. The summed E-state index contributed by atoms with van der Waals surface area (Å²) in [5.41, 5.74) is 2.28. The smallest absolute Gasteiger partial charge is 0.278 e. The predicted molar refractivity (Wildman–Crippen MR) is 87.3 cm³/mol. The van der Waals surface area contributed by atoms with Crippen LogP contribution in [0.15, 0.2) is 36.4 Å². The molecule has 1 amide bonds. The van der Waals surface area contributed by atoms with E-state index >= 15 is 0 Å². The van der Waals surface area contributed by atoms with Crippen LogP contribution < -0.4 is 10.2 Å². The standard InChI is InChI=1S/C16H18ClN3O/c1-4-11-5-7-12(8-6-11)20(3)16(21)15-13(17)9-10-14(18-2)19-15/h5-10H,4H2,1-3H3,(H,18,19). The molecule has 110 valence electrons. The molecule has 0 aliphatic heterocycles. The molecular weight excluding hydrogens is 286 g/mol. The summed E-state index contributed by atoms with van der Waals surface area (Å²) in [4.78, 5) is 18.3. The Bertz CT molecular complexity index is 640. The number of aromatic nitrogens is 1. The van der Waals surface area contributed by atoms with Crippen molar-refractivity contribution in [1.82, 2.24) is 4.98 Å². The number of rotatable bonds is 4. The predicted octanol–water partition coefficient (Wildman–Crippen LogP) is 3.62. The Morgan fingerprint density at radius 2 is 1.90 bits per heavy atom. The van der Waals surface area contributed by atoms with E-state index in [1.165, 1.54) is 5.56 Å². The van der Waals surface area contributed by atoms with Crippen LogP contribution in [-0.4, -0.2) is 25.0 Å². The number of benzene rings is 1. The Hall–Kier alpha value is -2.07. The maximum absolute atomic E-state index is 12.5. The Balaban J connectivity index is 2.29. The van der Waals surface area contributed by atoms with Crippen molar-refractivity contribution < 1.29 is 4.79 Å². The normalized spacial score (nSPS) is 10.3. The molecule has 2 aromatic rings. The molecule has 0 aliphatic rings. The van der Waals surface area contributed by atoms with Crippen molar-refractivity contribution >= 4 is 29.0 Å². The SMILES string of the molecule is CCc1ccc(N(C)C(=O)c2nc(NC)ccc2Cl)cc1. The number of hydrogen-bond acceptors (Lipinski definition) is 3. The van der Waals surface area contributed by atoms with Gasteiger partial charge in [0.05, 0.1) is 5.02 Å². The van der Waals surface area contributed by atoms with Crippen LogP contribution in [-0.2, 0) is 6.42 Å². The first kappa shape index (κ1) is 15.3. The number of carbonyl (C=O) groups excluding carboxylic acids is 1. The van der Waals surface area contributed by atoms with E-state index in [1.807, 2.05) is 24.3 Å². The van der Waals surface area contributed by atoms with Crippen LogP contribution in [0.4, 0.5) is 11.5 Å². The Morgan fingerprint density at radius 1 is 1.24 bits per heavy atom. The highest BCUT2D eigenvalue weighted by molar-refractivity contribution is 6.34. The first-order valence-electron chi connectivity index (χ1n) is 6.78. The zero-order chi connectivity index (χ0) is 15.4. The van der Waals surface area contributed by atoms with E-state index in [2.05, 4.69) is 17.2 Å². The third kappa shape index (κ3) is 3.34. The second-order valence-corrected chi connectivity index (χ2v) is 5.07. The Kier molecular flexibility index (Phi) is 4.81. The molecule has 0 unspecified atom stereocenters. The van der Waals surface area contributed by atoms with Crippen molar-refractivity contribution in [3.8, 4) is 0 Å². The third-order valence-corrected chi connectivity index (χ3v) is 3.65. The van der Waals surface area contributed by atoms with Crippen LogP contribution >= 0.6 is 11.6 Å². The van der Waals surface area contributed by atoms with Gasteiger partial charge in [0.25, 0.3) is 5.91 Å². The zero-order valence-corrected chi connectivity index (χ0v) is 13.1. The van der Waals surface area contributed by atoms with Crippen molar-refractivity contribution in [2.24, 2.45) is 0 Å². The summed E-state index contributed by atoms with van der Waals surface area (Å²) in [5.74, 6) is 0.374. The lowest BCUT2D eigenvalue weighted by atomic mass is 10.1. The number of hydrogen-bond donors (Lipinski definition) is 1. The van der Waals surface area contributed by atoms with Crippen LogP contribution in [0.25, 0.3) is 0 Å². The van der Waals surface area contributed by atoms with Gasteiger partial charge in [-0.25, -0.2) is 4.98 Å². The molecule has 0 radical (unpaired) electrons. The molecule has 1 heterocycles. The fourth-order valence-corrected chi connectivity index (χ4v) is 2.15. The van der Waals surface area contributed by atoms with Gasteiger partial charge in [0.2, 0.25) is 0 Å². The lowest BCUT2D eigenvalue weighted by molar-refractivity contribution is 0.0988. The van der Waals surface area contributed by atoms with Gasteiger partial charge in [0.1, 0.15) is 11.5 Å². The second kappa shape index (κ2) is 6.59. The van der Waals surface area contributed by atoms with E-state index in [4.69, 9.17) is 11.6 Å². The largest absolute Gasteiger partial charge is 0.373 e. The average Bonchev–Trinajstić information content (AvgIpc) is 2.54. The van der Waals surface area contributed by atoms with Gasteiger partial charge >= 0.3 is 0 Å². The molecule has 1 aromatic carbocycles. The molecule has 0 aliphatic carbocycles. The van der Waals surface area contributed by atoms with E-state index in [-0.39, 0.29) is 11.6 Å². The van der Waals surface area contributed by atoms with Crippen LogP contribution in [0.1, 0.15) is 23.0 Å². The van der Waals surface area contributed by atoms with E-state index in [0.29, 0.717) is 10.8 Å². The maximum Gasteiger partial charge on any atom is 0.278 e. The van der Waals surface area contributed by atoms with E-state index in [9.17, 15) is 4.79 Å². The van der Waals surface area contributed by atoms with Crippen LogP contribution in [0.3, 0.4) is 0 Å². The van der Waals surface area contributed by atoms with Crippen LogP contribution in [0.2, 0.25) is 5.02 Å². The molecule has 2 rings (SSSR count). The summed E-state index contributed by atoms with van der Waals surface area (Å²) in [5, 5.41) is 3.25. The number of aryl methyl sites for hydroxylation is 1. The highest BCUT2D eigenvalue weighted by Gasteiger charge is 2.18. The summed E-state index contributed by atoms with van der Waals surface area (Å²) in [6.45, 7) is 2.09. The van der Waals surface area contributed by atoms with Crippen LogP contribution in [0, 0.1) is 0 Å². The Labute approximate surface area is 129 Å². The fraction of sp³-hybridized carbons (Fsp3) is 0.250. The zero-order valence-electron chi connectivity index (χ0n) is 12.4. The molecule has 21 heavy (non-hydrogen) atoms. The molecule has 0 atom stereocenters. The van der Waals surface area contributed by atoms with Gasteiger partial charge in [-0.05, 0) is 36.2 Å². The number of anilines is 2. The summed E-state index contributed by atoms with van der Waals surface area (Å²) >= 11 is 6.09. The van der Waals surface area contributed by atoms with Crippen molar-refractivity contribution in [3.63, 3.8) is 0 Å². The summed E-state index contributed by atoms with van der Waals surface area (Å²) in [6.07, 6.45) is 0.968. The highest BCUT2D eigenvalue weighted by Crippen LogP contribution is 2.21. The highest BCUT2D eigenvalue weighted by atomic mass is 35.5. The molecule has 0 spiro atoms. The van der Waals surface area contributed by atoms with Gasteiger partial charge in [-0.2, -0.15) is 0 Å². The molecule has 1 aromatic heterocycles. The Morgan fingerprint density at radius 3 is 2.48 bits per heavy atom. The van der Waals surface area contributed by atoms with Crippen molar-refractivity contribution in [2.75, 3.05) is 24.3 Å².